The van der Waals surface area contributed by atoms with E-state index >= 15 is 0 Å². The number of thioether (sulfide) groups is 1. The summed E-state index contributed by atoms with van der Waals surface area (Å²) in [6, 6.07) is 22.5. The molecule has 0 unspecified atom stereocenters. The molecule has 10 heteroatoms. The molecule has 5 rings (SSSR count). The quantitative estimate of drug-likeness (QED) is 0.149. The van der Waals surface area contributed by atoms with Crippen LogP contribution in [-0.4, -0.2) is 64.6 Å². The van der Waals surface area contributed by atoms with Gasteiger partial charge in [0.05, 0.1) is 0 Å². The number of ether oxygens (including phenoxy) is 3. The lowest BCUT2D eigenvalue weighted by molar-refractivity contribution is -0.183. The standard InChI is InChI=1S/C39H44N2O7S/c1-24(42)47-22-28-23-49-36-39(46-8,40-21-25-19-29(37(2,3)4)32(43)30(20-25)38(5,6)7)35(45)41(36)31(28)34(44)48-33(26-15-11-9-12-16-26)27-17-13-10-14-18-27/h9-21,33,36,43H,22-23H2,1-8H3/b40-21+/t36-,39+/m1/s1. The van der Waals surface area contributed by atoms with Gasteiger partial charge in [0, 0.05) is 42.7 Å². The van der Waals surface area contributed by atoms with Crippen LogP contribution < -0.4 is 0 Å². The summed E-state index contributed by atoms with van der Waals surface area (Å²) in [5, 5.41) is 10.5. The highest BCUT2D eigenvalue weighted by Crippen LogP contribution is 2.49. The number of fused-ring (bicyclic) bond motifs is 1. The second kappa shape index (κ2) is 13.8. The maximum absolute atomic E-state index is 14.2. The number of nitrogens with zero attached hydrogens (tertiary/aromatic N) is 2. The fourth-order valence-corrected chi connectivity index (χ4v) is 7.42. The van der Waals surface area contributed by atoms with Gasteiger partial charge in [-0.1, -0.05) is 102 Å². The molecule has 2 aliphatic heterocycles. The van der Waals surface area contributed by atoms with Gasteiger partial charge in [-0.25, -0.2) is 9.79 Å². The molecule has 3 aromatic rings. The highest BCUT2D eigenvalue weighted by atomic mass is 32.2. The van der Waals surface area contributed by atoms with Crippen molar-refractivity contribution in [2.75, 3.05) is 19.5 Å². The summed E-state index contributed by atoms with van der Waals surface area (Å²) < 4.78 is 17.4. The third kappa shape index (κ3) is 7.16. The molecule has 0 spiro atoms. The molecular formula is C39H44N2O7S. The first-order valence-electron chi connectivity index (χ1n) is 16.2. The monoisotopic (exact) mass is 684 g/mol. The van der Waals surface area contributed by atoms with Crippen molar-refractivity contribution in [2.45, 2.75) is 76.5 Å². The molecule has 49 heavy (non-hydrogen) atoms. The van der Waals surface area contributed by atoms with Gasteiger partial charge in [0.1, 0.15) is 23.4 Å². The molecule has 2 atom stereocenters. The SMILES string of the molecule is CO[C@@]1(/N=C/c2cc(C(C)(C)C)c(O)c(C(C)(C)C)c2)C(=O)N2C(C(=O)OC(c3ccccc3)c3ccccc3)=C(COC(C)=O)CS[C@@H]21. The number of aromatic hydroxyl groups is 1. The van der Waals surface area contributed by atoms with Crippen molar-refractivity contribution in [2.24, 2.45) is 4.99 Å². The summed E-state index contributed by atoms with van der Waals surface area (Å²) in [5.74, 6) is -1.27. The van der Waals surface area contributed by atoms with Gasteiger partial charge < -0.3 is 19.3 Å². The van der Waals surface area contributed by atoms with E-state index in [1.54, 1.807) is 6.21 Å². The summed E-state index contributed by atoms with van der Waals surface area (Å²) in [7, 11) is 1.42. The zero-order valence-electron chi connectivity index (χ0n) is 29.3. The zero-order valence-corrected chi connectivity index (χ0v) is 30.1. The summed E-state index contributed by atoms with van der Waals surface area (Å²) in [4.78, 5) is 46.3. The van der Waals surface area contributed by atoms with Crippen molar-refractivity contribution >= 4 is 35.8 Å². The van der Waals surface area contributed by atoms with Crippen molar-refractivity contribution in [1.29, 1.82) is 0 Å². The Hall–Kier alpha value is -4.41. The molecule has 0 bridgehead atoms. The Labute approximate surface area is 292 Å². The van der Waals surface area contributed by atoms with Crippen LogP contribution in [0.3, 0.4) is 0 Å². The number of amides is 1. The third-order valence-corrected chi connectivity index (χ3v) is 9.98. The van der Waals surface area contributed by atoms with Crippen LogP contribution in [0, 0.1) is 0 Å². The van der Waals surface area contributed by atoms with Crippen molar-refractivity contribution in [3.63, 3.8) is 0 Å². The highest BCUT2D eigenvalue weighted by molar-refractivity contribution is 8.00. The molecule has 0 aromatic heterocycles. The number of aliphatic imine (C=N–C) groups is 1. The van der Waals surface area contributed by atoms with Crippen LogP contribution in [0.1, 0.15) is 82.4 Å². The number of phenolic OH excluding ortho intramolecular Hbond substituents is 1. The van der Waals surface area contributed by atoms with Crippen LogP contribution in [0.15, 0.2) is 89.1 Å². The molecule has 3 aromatic carbocycles. The lowest BCUT2D eigenvalue weighted by Crippen LogP contribution is -2.73. The number of esters is 2. The van der Waals surface area contributed by atoms with Crippen LogP contribution in [0.4, 0.5) is 0 Å². The van der Waals surface area contributed by atoms with Gasteiger partial charge in [-0.15, -0.1) is 11.8 Å². The van der Waals surface area contributed by atoms with Gasteiger partial charge >= 0.3 is 11.9 Å². The maximum Gasteiger partial charge on any atom is 0.356 e. The first-order valence-corrected chi connectivity index (χ1v) is 17.2. The lowest BCUT2D eigenvalue weighted by Gasteiger charge is -2.54. The molecule has 258 valence electrons. The van der Waals surface area contributed by atoms with Crippen LogP contribution in [-0.2, 0) is 39.4 Å². The van der Waals surface area contributed by atoms with E-state index < -0.39 is 35.0 Å². The zero-order chi connectivity index (χ0) is 35.7. The van der Waals surface area contributed by atoms with E-state index in [4.69, 9.17) is 19.2 Å². The summed E-state index contributed by atoms with van der Waals surface area (Å²) in [5.41, 5.74) is 1.88. The fraction of sp³-hybridized carbons (Fsp3) is 0.385. The Morgan fingerprint density at radius 2 is 1.51 bits per heavy atom. The van der Waals surface area contributed by atoms with Gasteiger partial charge in [0.15, 0.2) is 6.10 Å². The molecule has 1 N–H and O–H groups in total. The minimum Gasteiger partial charge on any atom is -0.507 e. The van der Waals surface area contributed by atoms with Crippen molar-refractivity contribution in [3.8, 4) is 5.75 Å². The van der Waals surface area contributed by atoms with E-state index in [1.807, 2.05) is 114 Å². The second-order valence-corrected chi connectivity index (χ2v) is 15.4. The van der Waals surface area contributed by atoms with E-state index in [0.29, 0.717) is 11.1 Å². The molecule has 1 fully saturated rings. The number of rotatable bonds is 9. The van der Waals surface area contributed by atoms with Crippen LogP contribution in [0.5, 0.6) is 5.75 Å². The summed E-state index contributed by atoms with van der Waals surface area (Å²) >= 11 is 1.36. The molecule has 0 aliphatic carbocycles. The van der Waals surface area contributed by atoms with Crippen molar-refractivity contribution in [3.05, 3.63) is 112 Å². The Morgan fingerprint density at radius 3 is 1.98 bits per heavy atom. The minimum absolute atomic E-state index is 0.0180. The third-order valence-electron chi connectivity index (χ3n) is 8.62. The Kier molecular flexibility index (Phi) is 10.1. The summed E-state index contributed by atoms with van der Waals surface area (Å²) in [6.45, 7) is 13.3. The Balaban J connectivity index is 1.52. The van der Waals surface area contributed by atoms with Crippen molar-refractivity contribution < 1.29 is 33.7 Å². The number of carbonyl (C=O) groups is 3. The minimum atomic E-state index is -1.62. The number of β-lactam (4-membered cyclic amide) rings is 1. The largest absolute Gasteiger partial charge is 0.507 e. The number of hydrogen-bond acceptors (Lipinski definition) is 9. The highest BCUT2D eigenvalue weighted by Gasteiger charge is 2.66. The lowest BCUT2D eigenvalue weighted by atomic mass is 9.78. The molecule has 1 saturated heterocycles. The number of hydrogen-bond donors (Lipinski definition) is 1. The van der Waals surface area contributed by atoms with E-state index in [0.717, 1.165) is 22.3 Å². The molecule has 2 heterocycles. The van der Waals surface area contributed by atoms with Crippen molar-refractivity contribution in [1.82, 2.24) is 4.90 Å². The first kappa shape index (κ1) is 35.9. The predicted molar refractivity (Wildman–Crippen MR) is 190 cm³/mol. The van der Waals surface area contributed by atoms with Gasteiger partial charge in [0.2, 0.25) is 0 Å². The average molecular weight is 685 g/mol. The van der Waals surface area contributed by atoms with E-state index in [2.05, 4.69) is 0 Å². The molecular weight excluding hydrogens is 641 g/mol. The van der Waals surface area contributed by atoms with E-state index in [-0.39, 0.29) is 34.6 Å². The second-order valence-electron chi connectivity index (χ2n) is 14.3. The smallest absolute Gasteiger partial charge is 0.356 e. The number of benzene rings is 3. The molecule has 9 nitrogen and oxygen atoms in total. The topological polar surface area (TPSA) is 115 Å². The van der Waals surface area contributed by atoms with Gasteiger partial charge in [-0.2, -0.15) is 0 Å². The summed E-state index contributed by atoms with van der Waals surface area (Å²) in [6.07, 6.45) is 0.843. The average Bonchev–Trinajstić information content (AvgIpc) is 3.06. The molecule has 2 aliphatic rings. The van der Waals surface area contributed by atoms with Gasteiger partial charge in [-0.05, 0) is 39.7 Å². The predicted octanol–water partition coefficient (Wildman–Crippen LogP) is 6.81. The Bertz CT molecular complexity index is 1720. The van der Waals surface area contributed by atoms with Gasteiger partial charge in [-0.3, -0.25) is 14.5 Å². The Morgan fingerprint density at radius 1 is 0.980 bits per heavy atom. The maximum atomic E-state index is 14.2. The number of phenols is 1. The van der Waals surface area contributed by atoms with E-state index in [9.17, 15) is 19.5 Å². The van der Waals surface area contributed by atoms with Crippen LogP contribution >= 0.6 is 11.8 Å². The molecule has 0 radical (unpaired) electrons. The number of methoxy groups -OCH3 is 1. The fourth-order valence-electron chi connectivity index (χ4n) is 6.01. The number of carbonyl (C=O) groups excluding carboxylic acids is 3. The molecule has 0 saturated carbocycles. The van der Waals surface area contributed by atoms with Crippen LogP contribution in [0.25, 0.3) is 0 Å². The molecule has 1 amide bonds. The first-order chi connectivity index (χ1) is 23.1. The van der Waals surface area contributed by atoms with Crippen LogP contribution in [0.2, 0.25) is 0 Å². The normalized spacial score (nSPS) is 19.6. The van der Waals surface area contributed by atoms with E-state index in [1.165, 1.54) is 30.7 Å². The van der Waals surface area contributed by atoms with Gasteiger partial charge in [0.25, 0.3) is 11.6 Å².